The standard InChI is InChI=1S/C15H16N4O2/c1-4-17-15-18-10(2)5-14(19-15)21-13-7-11(9-16)6-12(8-13)20-3/h5-8H,4H2,1-3H3,(H,17,18,19). The fourth-order valence-electron chi connectivity index (χ4n) is 1.76. The van der Waals surface area contributed by atoms with Crippen molar-refractivity contribution >= 4 is 5.95 Å². The molecule has 108 valence electrons. The zero-order chi connectivity index (χ0) is 15.2. The second kappa shape index (κ2) is 6.57. The van der Waals surface area contributed by atoms with Crippen LogP contribution in [0.15, 0.2) is 24.3 Å². The third kappa shape index (κ3) is 3.83. The van der Waals surface area contributed by atoms with E-state index in [1.165, 1.54) is 0 Å². The highest BCUT2D eigenvalue weighted by atomic mass is 16.5. The minimum atomic E-state index is 0.413. The van der Waals surface area contributed by atoms with Gasteiger partial charge in [-0.15, -0.1) is 0 Å². The summed E-state index contributed by atoms with van der Waals surface area (Å²) in [6, 6.07) is 8.77. The molecule has 0 amide bonds. The van der Waals surface area contributed by atoms with Crippen LogP contribution in [-0.4, -0.2) is 23.6 Å². The van der Waals surface area contributed by atoms with E-state index in [0.29, 0.717) is 28.9 Å². The number of nitrogens with zero attached hydrogens (tertiary/aromatic N) is 3. The Morgan fingerprint density at radius 2 is 1.95 bits per heavy atom. The number of rotatable bonds is 5. The lowest BCUT2D eigenvalue weighted by Crippen LogP contribution is -2.04. The van der Waals surface area contributed by atoms with Gasteiger partial charge in [-0.3, -0.25) is 0 Å². The van der Waals surface area contributed by atoms with Crippen molar-refractivity contribution in [3.05, 3.63) is 35.5 Å². The molecule has 0 fully saturated rings. The lowest BCUT2D eigenvalue weighted by atomic mass is 10.2. The van der Waals surface area contributed by atoms with Crippen molar-refractivity contribution in [1.29, 1.82) is 5.26 Å². The molecule has 0 aliphatic carbocycles. The van der Waals surface area contributed by atoms with Gasteiger partial charge in [-0.05, 0) is 26.0 Å². The van der Waals surface area contributed by atoms with Gasteiger partial charge in [0.15, 0.2) is 0 Å². The molecule has 0 spiro atoms. The van der Waals surface area contributed by atoms with Crippen LogP contribution >= 0.6 is 0 Å². The fourth-order valence-corrected chi connectivity index (χ4v) is 1.76. The van der Waals surface area contributed by atoms with E-state index in [1.807, 2.05) is 13.8 Å². The van der Waals surface area contributed by atoms with Crippen LogP contribution < -0.4 is 14.8 Å². The van der Waals surface area contributed by atoms with Crippen LogP contribution in [0.1, 0.15) is 18.2 Å². The van der Waals surface area contributed by atoms with Gasteiger partial charge in [0.05, 0.1) is 18.7 Å². The third-order valence-corrected chi connectivity index (χ3v) is 2.63. The Kier molecular flexibility index (Phi) is 4.57. The first-order chi connectivity index (χ1) is 10.1. The van der Waals surface area contributed by atoms with Crippen LogP contribution in [0.4, 0.5) is 5.95 Å². The molecule has 0 unspecified atom stereocenters. The highest BCUT2D eigenvalue weighted by molar-refractivity contribution is 5.45. The van der Waals surface area contributed by atoms with Gasteiger partial charge in [0.25, 0.3) is 0 Å². The Balaban J connectivity index is 2.31. The van der Waals surface area contributed by atoms with E-state index in [1.54, 1.807) is 31.4 Å². The summed E-state index contributed by atoms with van der Waals surface area (Å²) in [7, 11) is 1.54. The Morgan fingerprint density at radius 1 is 1.19 bits per heavy atom. The summed E-state index contributed by atoms with van der Waals surface area (Å²) in [6.45, 7) is 4.55. The van der Waals surface area contributed by atoms with E-state index in [9.17, 15) is 0 Å². The van der Waals surface area contributed by atoms with Gasteiger partial charge in [0, 0.05) is 24.4 Å². The van der Waals surface area contributed by atoms with Gasteiger partial charge >= 0.3 is 0 Å². The average molecular weight is 284 g/mol. The largest absolute Gasteiger partial charge is 0.497 e. The van der Waals surface area contributed by atoms with Crippen LogP contribution in [0.2, 0.25) is 0 Å². The first kappa shape index (κ1) is 14.6. The highest BCUT2D eigenvalue weighted by Crippen LogP contribution is 2.26. The maximum absolute atomic E-state index is 9.01. The molecule has 2 rings (SSSR count). The molecule has 0 radical (unpaired) electrons. The number of ether oxygens (including phenoxy) is 2. The van der Waals surface area contributed by atoms with E-state index in [2.05, 4.69) is 21.4 Å². The van der Waals surface area contributed by atoms with E-state index in [4.69, 9.17) is 14.7 Å². The second-order valence-corrected chi connectivity index (χ2v) is 4.31. The van der Waals surface area contributed by atoms with Crippen molar-refractivity contribution in [2.45, 2.75) is 13.8 Å². The molecule has 6 nitrogen and oxygen atoms in total. The molecule has 2 aromatic rings. The lowest BCUT2D eigenvalue weighted by molar-refractivity contribution is 0.407. The van der Waals surface area contributed by atoms with Crippen molar-refractivity contribution in [2.75, 3.05) is 19.0 Å². The van der Waals surface area contributed by atoms with Gasteiger partial charge in [0.1, 0.15) is 11.5 Å². The summed E-state index contributed by atoms with van der Waals surface area (Å²) in [5.41, 5.74) is 1.25. The molecule has 0 bridgehead atoms. The summed E-state index contributed by atoms with van der Waals surface area (Å²) in [6.07, 6.45) is 0. The maximum atomic E-state index is 9.01. The number of nitriles is 1. The van der Waals surface area contributed by atoms with Crippen molar-refractivity contribution in [2.24, 2.45) is 0 Å². The molecule has 6 heteroatoms. The number of hydrogen-bond donors (Lipinski definition) is 1. The molecular formula is C15H16N4O2. The van der Waals surface area contributed by atoms with Gasteiger partial charge in [0.2, 0.25) is 11.8 Å². The molecule has 1 heterocycles. The molecule has 1 aromatic carbocycles. The van der Waals surface area contributed by atoms with Crippen LogP contribution in [-0.2, 0) is 0 Å². The zero-order valence-electron chi connectivity index (χ0n) is 12.2. The summed E-state index contributed by atoms with van der Waals surface area (Å²) < 4.78 is 10.9. The number of anilines is 1. The molecule has 0 atom stereocenters. The zero-order valence-corrected chi connectivity index (χ0v) is 12.2. The van der Waals surface area contributed by atoms with E-state index in [0.717, 1.165) is 12.2 Å². The third-order valence-electron chi connectivity index (χ3n) is 2.63. The number of nitrogens with one attached hydrogen (secondary N) is 1. The number of hydrogen-bond acceptors (Lipinski definition) is 6. The molecule has 0 aliphatic rings. The SMILES string of the molecule is CCNc1nc(C)cc(Oc2cc(C#N)cc(OC)c2)n1. The first-order valence-electron chi connectivity index (χ1n) is 6.51. The van der Waals surface area contributed by atoms with Crippen LogP contribution in [0.25, 0.3) is 0 Å². The minimum Gasteiger partial charge on any atom is -0.497 e. The molecule has 0 saturated carbocycles. The number of aromatic nitrogens is 2. The Bertz CT molecular complexity index is 680. The van der Waals surface area contributed by atoms with Gasteiger partial charge in [-0.1, -0.05) is 0 Å². The summed E-state index contributed by atoms with van der Waals surface area (Å²) in [4.78, 5) is 8.51. The van der Waals surface area contributed by atoms with Crippen molar-refractivity contribution < 1.29 is 9.47 Å². The Morgan fingerprint density at radius 3 is 2.62 bits per heavy atom. The van der Waals surface area contributed by atoms with Crippen LogP contribution in [0, 0.1) is 18.3 Å². The Labute approximate surface area is 123 Å². The molecule has 1 N–H and O–H groups in total. The van der Waals surface area contributed by atoms with E-state index in [-0.39, 0.29) is 0 Å². The van der Waals surface area contributed by atoms with Crippen molar-refractivity contribution in [3.63, 3.8) is 0 Å². The maximum Gasteiger partial charge on any atom is 0.226 e. The minimum absolute atomic E-state index is 0.413. The first-order valence-corrected chi connectivity index (χ1v) is 6.51. The monoisotopic (exact) mass is 284 g/mol. The summed E-state index contributed by atoms with van der Waals surface area (Å²) >= 11 is 0. The van der Waals surface area contributed by atoms with Gasteiger partial charge in [-0.2, -0.15) is 10.2 Å². The summed E-state index contributed by atoms with van der Waals surface area (Å²) in [5.74, 6) is 1.97. The van der Waals surface area contributed by atoms with E-state index >= 15 is 0 Å². The van der Waals surface area contributed by atoms with Gasteiger partial charge in [-0.25, -0.2) is 4.98 Å². The molecule has 0 saturated heterocycles. The molecular weight excluding hydrogens is 268 g/mol. The normalized spacial score (nSPS) is 9.81. The second-order valence-electron chi connectivity index (χ2n) is 4.31. The fraction of sp³-hybridized carbons (Fsp3) is 0.267. The topological polar surface area (TPSA) is 80.1 Å². The number of benzene rings is 1. The van der Waals surface area contributed by atoms with Crippen molar-refractivity contribution in [3.8, 4) is 23.4 Å². The molecule has 0 aliphatic heterocycles. The van der Waals surface area contributed by atoms with Gasteiger partial charge < -0.3 is 14.8 Å². The summed E-state index contributed by atoms with van der Waals surface area (Å²) in [5, 5.41) is 12.0. The molecule has 1 aromatic heterocycles. The predicted octanol–water partition coefficient (Wildman–Crippen LogP) is 2.89. The quantitative estimate of drug-likeness (QED) is 0.909. The highest BCUT2D eigenvalue weighted by Gasteiger charge is 2.07. The smallest absolute Gasteiger partial charge is 0.226 e. The lowest BCUT2D eigenvalue weighted by Gasteiger charge is -2.09. The predicted molar refractivity (Wildman–Crippen MR) is 78.7 cm³/mol. The average Bonchev–Trinajstić information content (AvgIpc) is 2.46. The number of methoxy groups -OCH3 is 1. The van der Waals surface area contributed by atoms with E-state index < -0.39 is 0 Å². The number of aryl methyl sites for hydroxylation is 1. The van der Waals surface area contributed by atoms with Crippen LogP contribution in [0.3, 0.4) is 0 Å². The molecule has 21 heavy (non-hydrogen) atoms. The van der Waals surface area contributed by atoms with Crippen molar-refractivity contribution in [1.82, 2.24) is 9.97 Å². The Hall–Kier alpha value is -2.81. The van der Waals surface area contributed by atoms with Crippen LogP contribution in [0.5, 0.6) is 17.4 Å².